The SMILES string of the molecule is CC(=O)N[C@H]1[C@H]2OC[C@](C#N)(O2)[C@H](O)[C@@H]1O.CC(=O)N[C@H]1[C@H]2OC[C@](C(=O)O)(O2)[C@H](O)[C@@H]1O.CC(=O)N[C@H]1[C@H]2OC[C@](C(N)=O)(O2)[C@H](O)[C@@H]1O.CC(=O)N[C@H]1[C@H]2OC[C@](C)(O2)[C@H](O)[C@@H]1O.O=C=O.[C-]#[N+]C[C@@]12CO[C@@H](O1)[C@H](NC(C)=O)[C@@H](O)[C@H]2O. The highest BCUT2D eigenvalue weighted by Gasteiger charge is 2.66. The second-order valence-corrected chi connectivity index (χ2v) is 21.0. The van der Waals surface area contributed by atoms with Crippen LogP contribution in [0.3, 0.4) is 0 Å². The number of nitrogens with two attached hydrogens (primary N) is 1. The fourth-order valence-corrected chi connectivity index (χ4v) is 10.4. The molecule has 476 valence electrons. The summed E-state index contributed by atoms with van der Waals surface area (Å²) in [6, 6.07) is -2.52. The van der Waals surface area contributed by atoms with Crippen molar-refractivity contribution in [3.8, 4) is 6.07 Å². The van der Waals surface area contributed by atoms with Crippen LogP contribution >= 0.6 is 0 Å². The van der Waals surface area contributed by atoms with Gasteiger partial charge in [-0.2, -0.15) is 14.9 Å². The van der Waals surface area contributed by atoms with Gasteiger partial charge in [-0.25, -0.2) is 11.4 Å². The first-order chi connectivity index (χ1) is 39.6. The van der Waals surface area contributed by atoms with Crippen LogP contribution in [0.15, 0.2) is 0 Å². The van der Waals surface area contributed by atoms with Crippen molar-refractivity contribution in [3.63, 3.8) is 0 Å². The molecular formula is C47H68N8O30. The maximum absolute atomic E-state index is 11.3. The number of fused-ring (bicyclic) bond motifs is 10. The standard InChI is InChI=1S/C10H14N2O5.C9H14N2O6.C9H12N2O5.C9H13NO7.C9H15NO5.CO2/c1-5(13)12-6-7(14)8(15)10(3-11-2)4-16-9(6)17-10;1-3(12)11-4-5(13)6(14)9(8(10)15)2-16-7(4)17-9;1-4(12)11-5-6(13)7(14)9(2-10)3-15-8(5)16-9;1-3(11)10-4-5(12)6(13)9(8(14)15)2-16-7(4)17-9;1-4(11)10-5-6(12)7(13)9(2)3-14-8(5)15-9;2-1-3/h6-9,14-15H,3-4H2,1H3,(H,12,13);4-7,13-14H,2H2,1H3,(H2,10,15)(H,11,12);5-8,13-14H,3H2,1H3,(H,11,12);4-7,12-13H,2H2,1H3,(H,10,11)(H,14,15);5-8,12-13H,3H2,1-2H3,(H,10,11);/t6-,7-,8-,9+,10+;4-,5-,6-,7+,9+;5-,6-,7-,8+,9+;4-,5-,6-,7+,9+;5-,6-,7-,8+,9+;/m11111./s1. The van der Waals surface area contributed by atoms with Gasteiger partial charge >= 0.3 is 12.1 Å². The van der Waals surface area contributed by atoms with Crippen LogP contribution in [0.2, 0.25) is 0 Å². The van der Waals surface area contributed by atoms with Crippen LogP contribution < -0.4 is 32.3 Å². The molecule has 10 aliphatic heterocycles. The van der Waals surface area contributed by atoms with E-state index in [9.17, 15) is 84.6 Å². The van der Waals surface area contributed by atoms with Gasteiger partial charge in [0.15, 0.2) is 37.1 Å². The Balaban J connectivity index is 0.000000192. The van der Waals surface area contributed by atoms with E-state index in [1.807, 2.05) is 0 Å². The number of rotatable bonds is 8. The van der Waals surface area contributed by atoms with Gasteiger partial charge in [0.1, 0.15) is 103 Å². The van der Waals surface area contributed by atoms with Gasteiger partial charge in [-0.05, 0) is 6.92 Å². The van der Waals surface area contributed by atoms with Crippen molar-refractivity contribution in [3.05, 3.63) is 11.4 Å². The largest absolute Gasteiger partial charge is 0.479 e. The summed E-state index contributed by atoms with van der Waals surface area (Å²) >= 11 is 0. The molecule has 6 amide bonds. The van der Waals surface area contributed by atoms with Crippen molar-refractivity contribution in [2.75, 3.05) is 39.6 Å². The number of carbonyl (C=O) groups is 7. The summed E-state index contributed by atoms with van der Waals surface area (Å²) in [6.07, 6.45) is -17.6. The van der Waals surface area contributed by atoms with E-state index in [1.165, 1.54) is 34.6 Å². The summed E-state index contributed by atoms with van der Waals surface area (Å²) in [5.74, 6) is -4.19. The number of aliphatic hydroxyl groups is 10. The lowest BCUT2D eigenvalue weighted by molar-refractivity contribution is -0.231. The minimum absolute atomic E-state index is 0.0361. The van der Waals surface area contributed by atoms with E-state index in [1.54, 1.807) is 13.0 Å². The average Bonchev–Trinajstić information content (AvgIpc) is 1.96. The van der Waals surface area contributed by atoms with Gasteiger partial charge in [-0.3, -0.25) is 28.8 Å². The van der Waals surface area contributed by atoms with Crippen molar-refractivity contribution < 1.29 is 147 Å². The molecule has 10 aliphatic rings. The van der Waals surface area contributed by atoms with Crippen LogP contribution in [0.25, 0.3) is 4.85 Å². The zero-order valence-corrected chi connectivity index (χ0v) is 45.9. The molecule has 0 aromatic heterocycles. The number of nitriles is 1. The average molecular weight is 1230 g/mol. The molecule has 85 heavy (non-hydrogen) atoms. The van der Waals surface area contributed by atoms with E-state index in [0.29, 0.717) is 0 Å². The lowest BCUT2D eigenvalue weighted by Crippen LogP contribution is -2.68. The third-order valence-electron chi connectivity index (χ3n) is 14.8. The van der Waals surface area contributed by atoms with Gasteiger partial charge in [0.25, 0.3) is 5.91 Å². The van der Waals surface area contributed by atoms with E-state index < -0.39 is 174 Å². The second kappa shape index (κ2) is 27.7. The quantitative estimate of drug-likeness (QED) is 0.100. The Morgan fingerprint density at radius 3 is 1.25 bits per heavy atom. The first-order valence-electron chi connectivity index (χ1n) is 25.5. The van der Waals surface area contributed by atoms with Crippen molar-refractivity contribution in [2.24, 2.45) is 5.73 Å². The number of nitrogens with zero attached hydrogens (tertiary/aromatic N) is 2. The predicted octanol–water partition coefficient (Wildman–Crippen LogP) is -11.9. The number of hydrogen-bond acceptors (Lipinski definition) is 30. The Hall–Kier alpha value is -6.15. The van der Waals surface area contributed by atoms with Crippen LogP contribution in [0.4, 0.5) is 0 Å². The fourth-order valence-electron chi connectivity index (χ4n) is 10.4. The van der Waals surface area contributed by atoms with Crippen molar-refractivity contribution in [1.82, 2.24) is 26.6 Å². The smallest absolute Gasteiger partial charge is 0.373 e. The topological polar surface area (TPSA) is 583 Å². The first kappa shape index (κ1) is 69.6. The molecule has 0 saturated carbocycles. The molecule has 0 aliphatic carbocycles. The van der Waals surface area contributed by atoms with E-state index in [4.69, 9.17) is 79.6 Å². The van der Waals surface area contributed by atoms with Crippen LogP contribution in [-0.4, -0.2) is 294 Å². The molecule has 10 heterocycles. The molecule has 0 aromatic rings. The van der Waals surface area contributed by atoms with Crippen molar-refractivity contribution >= 4 is 47.6 Å². The van der Waals surface area contributed by atoms with Gasteiger partial charge in [0, 0.05) is 34.6 Å². The molecule has 0 aromatic carbocycles. The number of aliphatic hydroxyl groups excluding tert-OH is 10. The van der Waals surface area contributed by atoms with Crippen LogP contribution in [0.5, 0.6) is 0 Å². The summed E-state index contributed by atoms with van der Waals surface area (Å²) in [5.41, 5.74) is -2.14. The molecule has 25 atom stereocenters. The van der Waals surface area contributed by atoms with Crippen LogP contribution in [0, 0.1) is 17.9 Å². The summed E-state index contributed by atoms with van der Waals surface area (Å²) in [7, 11) is 0. The number of nitrogens with one attached hydrogen (secondary N) is 5. The molecule has 0 spiro atoms. The van der Waals surface area contributed by atoms with Crippen LogP contribution in [0.1, 0.15) is 41.5 Å². The summed E-state index contributed by atoms with van der Waals surface area (Å²) in [5, 5.41) is 128. The van der Waals surface area contributed by atoms with Crippen LogP contribution in [-0.2, 0) is 90.5 Å². The van der Waals surface area contributed by atoms with Crippen molar-refractivity contribution in [1.29, 1.82) is 5.26 Å². The summed E-state index contributed by atoms with van der Waals surface area (Å²) in [4.78, 5) is 96.4. The predicted molar refractivity (Wildman–Crippen MR) is 260 cm³/mol. The first-order valence-corrected chi connectivity index (χ1v) is 25.5. The highest BCUT2D eigenvalue weighted by atomic mass is 16.8. The molecule has 10 rings (SSSR count). The molecule has 10 saturated heterocycles. The van der Waals surface area contributed by atoms with Gasteiger partial charge in [-0.15, -0.1) is 0 Å². The Bertz CT molecular complexity index is 2520. The van der Waals surface area contributed by atoms with E-state index >= 15 is 0 Å². The number of carbonyl (C=O) groups excluding carboxylic acids is 8. The number of aliphatic carboxylic acids is 1. The molecule has 0 unspecified atom stereocenters. The molecule has 38 heteroatoms. The molecule has 38 nitrogen and oxygen atoms in total. The van der Waals surface area contributed by atoms with E-state index in [2.05, 4.69) is 31.4 Å². The fraction of sp³-hybridized carbons (Fsp3) is 0.787. The monoisotopic (exact) mass is 1220 g/mol. The van der Waals surface area contributed by atoms with Gasteiger partial charge < -0.3 is 141 Å². The van der Waals surface area contributed by atoms with Gasteiger partial charge in [-0.1, -0.05) is 0 Å². The minimum atomic E-state index is -1.96. The number of primary amides is 1. The lowest BCUT2D eigenvalue weighted by atomic mass is 9.87. The maximum atomic E-state index is 11.3. The second-order valence-electron chi connectivity index (χ2n) is 21.0. The zero-order valence-electron chi connectivity index (χ0n) is 45.9. The summed E-state index contributed by atoms with van der Waals surface area (Å²) < 4.78 is 52.3. The van der Waals surface area contributed by atoms with Gasteiger partial charge in [0.2, 0.25) is 52.9 Å². The number of ether oxygens (including phenoxy) is 10. The highest BCUT2D eigenvalue weighted by Crippen LogP contribution is 2.41. The highest BCUT2D eigenvalue weighted by molar-refractivity contribution is 5.85. The van der Waals surface area contributed by atoms with E-state index in [0.717, 1.165) is 0 Å². The molecule has 10 fully saturated rings. The molecular weight excluding hydrogens is 1160 g/mol. The molecule has 0 radical (unpaired) electrons. The Morgan fingerprint density at radius 1 is 0.506 bits per heavy atom. The zero-order chi connectivity index (χ0) is 64.1. The molecule has 18 N–H and O–H groups in total. The Labute approximate surface area is 480 Å². The Morgan fingerprint density at radius 2 is 0.835 bits per heavy atom. The number of amides is 6. The third-order valence-corrected chi connectivity index (χ3v) is 14.8. The summed E-state index contributed by atoms with van der Waals surface area (Å²) in [6.45, 7) is 14.3. The van der Waals surface area contributed by atoms with Gasteiger partial charge in [0.05, 0.1) is 33.0 Å². The normalized spacial score (nSPS) is 44.0. The minimum Gasteiger partial charge on any atom is -0.479 e. The lowest BCUT2D eigenvalue weighted by Gasteiger charge is -2.40. The maximum Gasteiger partial charge on any atom is 0.373 e. The molecule has 10 bridgehead atoms. The van der Waals surface area contributed by atoms with Crippen molar-refractivity contribution in [2.45, 2.75) is 192 Å². The number of hydrogen-bond donors (Lipinski definition) is 17. The number of carboxylic acid groups (broad SMARTS) is 1. The van der Waals surface area contributed by atoms with E-state index in [-0.39, 0.29) is 63.5 Å². The Kier molecular flexibility index (Phi) is 22.7. The third kappa shape index (κ3) is 14.2. The number of carboxylic acids is 1.